The maximum atomic E-state index is 13.8. The molecule has 0 atom stereocenters. The highest BCUT2D eigenvalue weighted by Crippen LogP contribution is 2.24. The number of hydrazone groups is 2. The number of pyridine rings is 2. The molecule has 0 saturated carbocycles. The summed E-state index contributed by atoms with van der Waals surface area (Å²) in [5.74, 6) is 0.694. The molecule has 0 aliphatic rings. The normalized spacial score (nSPS) is 11.7. The molecule has 0 fully saturated rings. The lowest BCUT2D eigenvalue weighted by Gasteiger charge is -2.11. The van der Waals surface area contributed by atoms with Gasteiger partial charge in [-0.15, -0.1) is 0 Å². The van der Waals surface area contributed by atoms with Gasteiger partial charge < -0.3 is 10.1 Å². The topological polar surface area (TPSA) is 122 Å². The second-order valence-corrected chi connectivity index (χ2v) is 7.53. The van der Waals surface area contributed by atoms with Gasteiger partial charge in [0.1, 0.15) is 0 Å². The second kappa shape index (κ2) is 11.5. The van der Waals surface area contributed by atoms with E-state index in [1.54, 1.807) is 36.9 Å². The number of ether oxygens (including phenoxy) is 1. The molecule has 0 aliphatic heterocycles. The molecule has 36 heavy (non-hydrogen) atoms. The molecule has 182 valence electrons. The molecule has 3 heterocycles. The van der Waals surface area contributed by atoms with Gasteiger partial charge in [-0.2, -0.15) is 20.2 Å². The Kier molecular flexibility index (Phi) is 7.71. The second-order valence-electron chi connectivity index (χ2n) is 7.53. The fourth-order valence-corrected chi connectivity index (χ4v) is 3.08. The fraction of sp³-hybridized carbons (Fsp3) is 0.120. The van der Waals surface area contributed by atoms with Crippen LogP contribution in [0.25, 0.3) is 0 Å². The Morgan fingerprint density at radius 2 is 1.31 bits per heavy atom. The van der Waals surface area contributed by atoms with Crippen molar-refractivity contribution in [2.75, 3.05) is 23.3 Å². The standard InChI is InChI=1S/C25H24FN9O/c1-16(18-6-10-27-11-7-18)32-34-23-15-24(35-33-17(2)19-8-12-28-13-9-19)31-25(30-23)29-20-4-5-21(26)22(14-20)36-3/h4-15H,1-3H3,(H3,29,30,31,34,35). The van der Waals surface area contributed by atoms with E-state index >= 15 is 0 Å². The minimum absolute atomic E-state index is 0.0998. The third kappa shape index (κ3) is 6.35. The van der Waals surface area contributed by atoms with Crippen LogP contribution in [0.3, 0.4) is 0 Å². The molecule has 0 amide bonds. The first-order chi connectivity index (χ1) is 17.5. The summed E-state index contributed by atoms with van der Waals surface area (Å²) < 4.78 is 18.9. The number of methoxy groups -OCH3 is 1. The molecule has 4 rings (SSSR count). The van der Waals surface area contributed by atoms with Crippen molar-refractivity contribution in [3.8, 4) is 5.75 Å². The van der Waals surface area contributed by atoms with Crippen LogP contribution in [0.15, 0.2) is 83.5 Å². The summed E-state index contributed by atoms with van der Waals surface area (Å²) in [5, 5.41) is 11.9. The molecule has 0 saturated heterocycles. The molecule has 3 aromatic heterocycles. The van der Waals surface area contributed by atoms with E-state index in [0.717, 1.165) is 22.6 Å². The van der Waals surface area contributed by atoms with E-state index in [1.807, 2.05) is 38.1 Å². The number of anilines is 4. The lowest BCUT2D eigenvalue weighted by molar-refractivity contribution is 0.387. The van der Waals surface area contributed by atoms with Crippen molar-refractivity contribution < 1.29 is 9.13 Å². The number of halogens is 1. The van der Waals surface area contributed by atoms with Gasteiger partial charge in [-0.05, 0) is 50.2 Å². The molecule has 1 aromatic carbocycles. The van der Waals surface area contributed by atoms with E-state index in [0.29, 0.717) is 17.3 Å². The molecule has 10 nitrogen and oxygen atoms in total. The predicted octanol–water partition coefficient (Wildman–Crippen LogP) is 4.83. The molecule has 0 bridgehead atoms. The third-order valence-corrected chi connectivity index (χ3v) is 5.01. The van der Waals surface area contributed by atoms with Gasteiger partial charge in [-0.25, -0.2) is 4.39 Å². The zero-order valence-corrected chi connectivity index (χ0v) is 19.9. The lowest BCUT2D eigenvalue weighted by atomic mass is 10.2. The quantitative estimate of drug-likeness (QED) is 0.228. The molecule has 11 heteroatoms. The molecule has 0 aliphatic carbocycles. The third-order valence-electron chi connectivity index (χ3n) is 5.01. The lowest BCUT2D eigenvalue weighted by Crippen LogP contribution is -2.07. The fourth-order valence-electron chi connectivity index (χ4n) is 3.08. The van der Waals surface area contributed by atoms with E-state index in [1.165, 1.54) is 19.2 Å². The van der Waals surface area contributed by atoms with Crippen LogP contribution in [0.2, 0.25) is 0 Å². The summed E-state index contributed by atoms with van der Waals surface area (Å²) in [7, 11) is 1.40. The smallest absolute Gasteiger partial charge is 0.231 e. The van der Waals surface area contributed by atoms with Crippen LogP contribution >= 0.6 is 0 Å². The molecule has 0 unspecified atom stereocenters. The SMILES string of the molecule is COc1cc(Nc2nc(NN=C(C)c3ccncc3)cc(NN=C(C)c3ccncc3)n2)ccc1F. The van der Waals surface area contributed by atoms with Crippen LogP contribution in [0.1, 0.15) is 25.0 Å². The van der Waals surface area contributed by atoms with Gasteiger partial charge in [0.25, 0.3) is 0 Å². The number of nitrogens with zero attached hydrogens (tertiary/aromatic N) is 6. The molecule has 0 spiro atoms. The number of nitrogens with one attached hydrogen (secondary N) is 3. The number of benzene rings is 1. The van der Waals surface area contributed by atoms with Gasteiger partial charge in [-0.1, -0.05) is 0 Å². The van der Waals surface area contributed by atoms with Crippen molar-refractivity contribution in [1.29, 1.82) is 0 Å². The Bertz CT molecular complexity index is 1300. The predicted molar refractivity (Wildman–Crippen MR) is 138 cm³/mol. The van der Waals surface area contributed by atoms with Crippen LogP contribution in [0.4, 0.5) is 27.7 Å². The van der Waals surface area contributed by atoms with Gasteiger partial charge in [0.15, 0.2) is 23.2 Å². The van der Waals surface area contributed by atoms with Crippen LogP contribution in [-0.4, -0.2) is 38.5 Å². The first-order valence-corrected chi connectivity index (χ1v) is 10.9. The average Bonchev–Trinajstić information content (AvgIpc) is 2.92. The monoisotopic (exact) mass is 485 g/mol. The van der Waals surface area contributed by atoms with Gasteiger partial charge in [-0.3, -0.25) is 20.8 Å². The van der Waals surface area contributed by atoms with Crippen molar-refractivity contribution in [2.45, 2.75) is 13.8 Å². The van der Waals surface area contributed by atoms with E-state index in [9.17, 15) is 4.39 Å². The zero-order chi connectivity index (χ0) is 25.3. The minimum Gasteiger partial charge on any atom is -0.494 e. The van der Waals surface area contributed by atoms with Gasteiger partial charge >= 0.3 is 0 Å². The van der Waals surface area contributed by atoms with Crippen molar-refractivity contribution in [1.82, 2.24) is 19.9 Å². The number of aromatic nitrogens is 4. The highest BCUT2D eigenvalue weighted by molar-refractivity contribution is 5.99. The highest BCUT2D eigenvalue weighted by Gasteiger charge is 2.09. The van der Waals surface area contributed by atoms with Gasteiger partial charge in [0.2, 0.25) is 5.95 Å². The Hall–Kier alpha value is -4.93. The summed E-state index contributed by atoms with van der Waals surface area (Å²) in [5.41, 5.74) is 9.78. The van der Waals surface area contributed by atoms with Crippen LogP contribution in [0, 0.1) is 5.82 Å². The molecular weight excluding hydrogens is 461 g/mol. The Morgan fingerprint density at radius 3 is 1.81 bits per heavy atom. The van der Waals surface area contributed by atoms with Crippen LogP contribution < -0.4 is 20.9 Å². The maximum absolute atomic E-state index is 13.8. The Morgan fingerprint density at radius 1 is 0.778 bits per heavy atom. The maximum Gasteiger partial charge on any atom is 0.231 e. The molecule has 0 radical (unpaired) electrons. The van der Waals surface area contributed by atoms with Crippen molar-refractivity contribution in [2.24, 2.45) is 10.2 Å². The largest absolute Gasteiger partial charge is 0.494 e. The molecular formula is C25H24FN9O. The molecule has 4 aromatic rings. The molecule has 3 N–H and O–H groups in total. The summed E-state index contributed by atoms with van der Waals surface area (Å²) in [6.45, 7) is 3.74. The summed E-state index contributed by atoms with van der Waals surface area (Å²) >= 11 is 0. The Balaban J connectivity index is 1.62. The number of hydrogen-bond donors (Lipinski definition) is 3. The van der Waals surface area contributed by atoms with Gasteiger partial charge in [0, 0.05) is 53.7 Å². The first-order valence-electron chi connectivity index (χ1n) is 10.9. The van der Waals surface area contributed by atoms with E-state index in [4.69, 9.17) is 4.74 Å². The minimum atomic E-state index is -0.469. The van der Waals surface area contributed by atoms with Crippen molar-refractivity contribution >= 4 is 34.7 Å². The Labute approximate surface area is 207 Å². The van der Waals surface area contributed by atoms with E-state index < -0.39 is 5.82 Å². The number of rotatable bonds is 9. The zero-order valence-electron chi connectivity index (χ0n) is 19.9. The summed E-state index contributed by atoms with van der Waals surface area (Å²) in [4.78, 5) is 17.0. The highest BCUT2D eigenvalue weighted by atomic mass is 19.1. The van der Waals surface area contributed by atoms with Crippen LogP contribution in [-0.2, 0) is 0 Å². The summed E-state index contributed by atoms with van der Waals surface area (Å²) in [6, 6.07) is 13.5. The van der Waals surface area contributed by atoms with Crippen molar-refractivity contribution in [3.05, 3.63) is 90.3 Å². The van der Waals surface area contributed by atoms with E-state index in [-0.39, 0.29) is 11.7 Å². The van der Waals surface area contributed by atoms with Crippen molar-refractivity contribution in [3.63, 3.8) is 0 Å². The number of hydrogen-bond acceptors (Lipinski definition) is 10. The average molecular weight is 486 g/mol. The summed E-state index contributed by atoms with van der Waals surface area (Å²) in [6.07, 6.45) is 6.79. The van der Waals surface area contributed by atoms with Crippen LogP contribution in [0.5, 0.6) is 5.75 Å². The van der Waals surface area contributed by atoms with E-state index in [2.05, 4.69) is 46.3 Å². The van der Waals surface area contributed by atoms with Gasteiger partial charge in [0.05, 0.1) is 18.5 Å². The first kappa shape index (κ1) is 24.2.